The number of hydrogen-bond acceptors (Lipinski definition) is 6. The molecule has 12 heteroatoms. The van der Waals surface area contributed by atoms with Gasteiger partial charge in [0.2, 0.25) is 0 Å². The van der Waals surface area contributed by atoms with Crippen LogP contribution in [0.2, 0.25) is 0 Å². The van der Waals surface area contributed by atoms with Crippen LogP contribution in [0.3, 0.4) is 0 Å². The molecule has 0 spiro atoms. The largest absolute Gasteiger partial charge is 0.458 e. The molecule has 310 valence electrons. The van der Waals surface area contributed by atoms with Crippen LogP contribution in [0.25, 0.3) is 0 Å². The van der Waals surface area contributed by atoms with Gasteiger partial charge >= 0.3 is 12.0 Å². The van der Waals surface area contributed by atoms with Gasteiger partial charge in [-0.05, 0) is 122 Å². The Morgan fingerprint density at radius 1 is 0.946 bits per heavy atom. The van der Waals surface area contributed by atoms with Crippen LogP contribution >= 0.6 is 0 Å². The molecular formula is C44H71N9O3. The summed E-state index contributed by atoms with van der Waals surface area (Å²) in [5, 5.41) is 2.92. The van der Waals surface area contributed by atoms with Crippen molar-refractivity contribution in [1.82, 2.24) is 10.2 Å². The number of carbonyl (C=O) groups excluding carboxylic acids is 2. The minimum atomic E-state index is -0.261. The van der Waals surface area contributed by atoms with E-state index in [1.807, 2.05) is 24.3 Å². The van der Waals surface area contributed by atoms with E-state index in [9.17, 15) is 9.59 Å². The molecule has 1 aromatic carbocycles. The average molecular weight is 774 g/mol. The summed E-state index contributed by atoms with van der Waals surface area (Å²) in [4.78, 5) is 40.3. The second kappa shape index (κ2) is 19.9. The maximum Gasteiger partial charge on any atom is 0.338 e. The number of ether oxygens (including phenoxy) is 1. The van der Waals surface area contributed by atoms with Gasteiger partial charge in [0, 0.05) is 45.4 Å². The smallest absolute Gasteiger partial charge is 0.338 e. The zero-order valence-corrected chi connectivity index (χ0v) is 34.7. The zero-order valence-electron chi connectivity index (χ0n) is 34.7. The van der Waals surface area contributed by atoms with E-state index >= 15 is 0 Å². The normalized spacial score (nSPS) is 28.8. The van der Waals surface area contributed by atoms with E-state index in [0.29, 0.717) is 63.1 Å². The average Bonchev–Trinajstić information content (AvgIpc) is 3.16. The highest BCUT2D eigenvalue weighted by Crippen LogP contribution is 2.65. The number of rotatable bonds is 17. The van der Waals surface area contributed by atoms with Crippen molar-refractivity contribution in [3.05, 3.63) is 47.0 Å². The number of nitrogens with two attached hydrogens (primary N) is 4. The monoisotopic (exact) mass is 774 g/mol. The lowest BCUT2D eigenvalue weighted by molar-refractivity contribution is -0.0866. The third-order valence-corrected chi connectivity index (χ3v) is 13.9. The molecule has 4 aliphatic carbocycles. The van der Waals surface area contributed by atoms with Crippen LogP contribution in [0.4, 0.5) is 4.79 Å². The number of amides is 2. The number of fused-ring (bicyclic) bond motifs is 5. The number of carbonyl (C=O) groups is 2. The van der Waals surface area contributed by atoms with Crippen LogP contribution in [0, 0.1) is 40.4 Å². The van der Waals surface area contributed by atoms with Crippen molar-refractivity contribution < 1.29 is 14.3 Å². The lowest BCUT2D eigenvalue weighted by Crippen LogP contribution is -2.52. The second-order valence-electron chi connectivity index (χ2n) is 17.7. The molecular weight excluding hydrogens is 703 g/mol. The standard InChI is InChI=1S/C44H71N9O3/c1-5-8-30(2)33-13-16-37-36-15-14-34-27-35(17-20-44(34,4)38(36)18-19-43(37,3)28-33)56-39(54)32-11-9-31(10-12-32)29-49-23-24-52-42(55)53(25-6-21-50-40(45)46)26-7-22-51-41(47)48/h9-12,14,29-30,33,35-38H,5-8,13,15-28H2,1-4H3,(H,52,55)(H4,45,46,50)(H4,47,48,51). The van der Waals surface area contributed by atoms with Crippen molar-refractivity contribution in [2.45, 2.75) is 117 Å². The Labute approximate surface area is 335 Å². The predicted octanol–water partition coefficient (Wildman–Crippen LogP) is 6.37. The SMILES string of the molecule is CCCC(C)C1CCC2C3CC=C4CC(OC(=O)c5ccc(C=NCCNC(=O)N(CCCN=C(N)N)CCCN=C(N)N)cc5)CCC4(C)C3CCC2(C)C1. The fourth-order valence-electron chi connectivity index (χ4n) is 10.9. The molecule has 0 heterocycles. The summed E-state index contributed by atoms with van der Waals surface area (Å²) in [7, 11) is 0. The van der Waals surface area contributed by atoms with E-state index < -0.39 is 0 Å². The molecule has 1 aromatic rings. The van der Waals surface area contributed by atoms with E-state index in [0.717, 1.165) is 54.4 Å². The molecule has 3 saturated carbocycles. The first kappa shape index (κ1) is 43.0. The fourth-order valence-corrected chi connectivity index (χ4v) is 10.9. The summed E-state index contributed by atoms with van der Waals surface area (Å²) in [6.07, 6.45) is 19.2. The number of hydrogen-bond donors (Lipinski definition) is 5. The summed E-state index contributed by atoms with van der Waals surface area (Å²) in [5.74, 6) is 3.95. The highest BCUT2D eigenvalue weighted by Gasteiger charge is 2.56. The van der Waals surface area contributed by atoms with E-state index in [1.165, 1.54) is 56.9 Å². The number of urea groups is 1. The quantitative estimate of drug-likeness (QED) is 0.0398. The van der Waals surface area contributed by atoms with Gasteiger partial charge in [0.15, 0.2) is 11.9 Å². The van der Waals surface area contributed by atoms with Crippen LogP contribution in [0.15, 0.2) is 50.9 Å². The number of allylic oxidation sites excluding steroid dienone is 1. The Morgan fingerprint density at radius 3 is 2.30 bits per heavy atom. The topological polar surface area (TPSA) is 200 Å². The minimum Gasteiger partial charge on any atom is -0.458 e. The first-order chi connectivity index (χ1) is 26.8. The van der Waals surface area contributed by atoms with Gasteiger partial charge in [0.1, 0.15) is 6.10 Å². The van der Waals surface area contributed by atoms with Crippen LogP contribution in [0.1, 0.15) is 127 Å². The van der Waals surface area contributed by atoms with Crippen LogP contribution in [-0.2, 0) is 4.74 Å². The highest BCUT2D eigenvalue weighted by molar-refractivity contribution is 5.91. The lowest BCUT2D eigenvalue weighted by atomic mass is 9.44. The number of nitrogens with zero attached hydrogens (tertiary/aromatic N) is 4. The maximum absolute atomic E-state index is 13.3. The molecule has 8 atom stereocenters. The molecule has 0 aliphatic heterocycles. The third-order valence-electron chi connectivity index (χ3n) is 13.9. The molecule has 56 heavy (non-hydrogen) atoms. The number of nitrogens with one attached hydrogen (secondary N) is 1. The molecule has 0 saturated heterocycles. The maximum atomic E-state index is 13.3. The van der Waals surface area contributed by atoms with Gasteiger partial charge in [-0.1, -0.05) is 64.3 Å². The van der Waals surface area contributed by atoms with Crippen molar-refractivity contribution in [3.8, 4) is 0 Å². The summed E-state index contributed by atoms with van der Waals surface area (Å²) < 4.78 is 6.15. The summed E-state index contributed by atoms with van der Waals surface area (Å²) >= 11 is 0. The van der Waals surface area contributed by atoms with Gasteiger partial charge in [-0.2, -0.15) is 0 Å². The Kier molecular flexibility index (Phi) is 15.3. The first-order valence-corrected chi connectivity index (χ1v) is 21.5. The minimum absolute atomic E-state index is 0.0265. The van der Waals surface area contributed by atoms with Crippen molar-refractivity contribution in [2.75, 3.05) is 39.3 Å². The van der Waals surface area contributed by atoms with E-state index in [-0.39, 0.29) is 35.4 Å². The molecule has 4 aliphatic rings. The number of guanidine groups is 2. The van der Waals surface area contributed by atoms with E-state index in [2.05, 4.69) is 54.1 Å². The molecule has 8 unspecified atom stereocenters. The van der Waals surface area contributed by atoms with Gasteiger partial charge in [-0.15, -0.1) is 0 Å². The number of benzene rings is 1. The van der Waals surface area contributed by atoms with Crippen LogP contribution < -0.4 is 28.3 Å². The third kappa shape index (κ3) is 11.1. The van der Waals surface area contributed by atoms with Crippen molar-refractivity contribution in [2.24, 2.45) is 78.3 Å². The van der Waals surface area contributed by atoms with Gasteiger partial charge in [-0.25, -0.2) is 9.59 Å². The van der Waals surface area contributed by atoms with Crippen LogP contribution in [-0.4, -0.2) is 80.4 Å². The van der Waals surface area contributed by atoms with Gasteiger partial charge in [0.05, 0.1) is 12.1 Å². The highest BCUT2D eigenvalue weighted by atomic mass is 16.5. The van der Waals surface area contributed by atoms with Crippen molar-refractivity contribution in [1.29, 1.82) is 0 Å². The number of aliphatic imine (C=N–C) groups is 3. The van der Waals surface area contributed by atoms with Gasteiger partial charge in [0.25, 0.3) is 0 Å². The zero-order chi connectivity index (χ0) is 40.3. The molecule has 0 aromatic heterocycles. The predicted molar refractivity (Wildman–Crippen MR) is 228 cm³/mol. The molecule has 9 N–H and O–H groups in total. The Morgan fingerprint density at radius 2 is 1.64 bits per heavy atom. The van der Waals surface area contributed by atoms with Crippen LogP contribution in [0.5, 0.6) is 0 Å². The summed E-state index contributed by atoms with van der Waals surface area (Å²) in [6, 6.07) is 7.17. The molecule has 0 bridgehead atoms. The summed E-state index contributed by atoms with van der Waals surface area (Å²) in [6.45, 7) is 12.6. The first-order valence-electron chi connectivity index (χ1n) is 21.5. The molecule has 5 rings (SSSR count). The second-order valence-corrected chi connectivity index (χ2v) is 17.7. The molecule has 3 fully saturated rings. The van der Waals surface area contributed by atoms with Gasteiger partial charge in [-0.3, -0.25) is 15.0 Å². The van der Waals surface area contributed by atoms with Crippen molar-refractivity contribution in [3.63, 3.8) is 0 Å². The Bertz CT molecular complexity index is 1560. The molecule has 2 amide bonds. The lowest BCUT2D eigenvalue weighted by Gasteiger charge is -2.61. The molecule has 12 nitrogen and oxygen atoms in total. The van der Waals surface area contributed by atoms with Crippen molar-refractivity contribution >= 4 is 30.1 Å². The van der Waals surface area contributed by atoms with E-state index in [1.54, 1.807) is 11.1 Å². The molecule has 0 radical (unpaired) electrons. The fraction of sp³-hybridized carbons (Fsp3) is 0.705. The summed E-state index contributed by atoms with van der Waals surface area (Å²) in [5.41, 5.74) is 25.3. The Balaban J connectivity index is 1.07. The Hall–Kier alpha value is -4.09. The number of esters is 1. The van der Waals surface area contributed by atoms with Gasteiger partial charge < -0.3 is 37.9 Å². The van der Waals surface area contributed by atoms with E-state index in [4.69, 9.17) is 27.7 Å².